The topological polar surface area (TPSA) is 98.2 Å². The monoisotopic (exact) mass is 406 g/mol. The summed E-state index contributed by atoms with van der Waals surface area (Å²) in [4.78, 5) is 30.0. The van der Waals surface area contributed by atoms with E-state index in [0.717, 1.165) is 17.8 Å². The number of piperidine rings is 1. The summed E-state index contributed by atoms with van der Waals surface area (Å²) in [6, 6.07) is 3.36. The van der Waals surface area contributed by atoms with Crippen molar-refractivity contribution in [3.63, 3.8) is 0 Å². The van der Waals surface area contributed by atoms with Gasteiger partial charge >= 0.3 is 5.97 Å². The van der Waals surface area contributed by atoms with Gasteiger partial charge < -0.3 is 24.2 Å². The molecule has 1 fully saturated rings. The standard InChI is InChI=1S/C19H22N2O6S/c1-25-14-5-4-12(15(26-2)16(14)27-3)18(22)21-8-6-11(7-9-21)17-20-13(10-28-17)19(23)24/h4-5,10-11H,6-9H2,1-3H3,(H,23,24). The zero-order valence-electron chi connectivity index (χ0n) is 15.9. The first kappa shape index (κ1) is 19.9. The van der Waals surface area contributed by atoms with Crippen LogP contribution in [0.15, 0.2) is 17.5 Å². The molecular formula is C19H22N2O6S. The number of ether oxygens (including phenoxy) is 3. The highest BCUT2D eigenvalue weighted by atomic mass is 32.1. The molecule has 0 atom stereocenters. The molecule has 1 aliphatic heterocycles. The summed E-state index contributed by atoms with van der Waals surface area (Å²) in [5, 5.41) is 11.4. The van der Waals surface area contributed by atoms with Crippen molar-refractivity contribution in [1.82, 2.24) is 9.88 Å². The normalized spacial score (nSPS) is 14.6. The summed E-state index contributed by atoms with van der Waals surface area (Å²) < 4.78 is 16.0. The second-order valence-electron chi connectivity index (χ2n) is 6.32. The Hall–Kier alpha value is -2.81. The molecule has 28 heavy (non-hydrogen) atoms. The predicted octanol–water partition coefficient (Wildman–Crippen LogP) is 2.89. The van der Waals surface area contributed by atoms with Crippen molar-refractivity contribution in [1.29, 1.82) is 0 Å². The number of benzene rings is 1. The Bertz CT molecular complexity index is 873. The van der Waals surface area contributed by atoms with Crippen molar-refractivity contribution in [2.24, 2.45) is 0 Å². The minimum atomic E-state index is -1.02. The fourth-order valence-corrected chi connectivity index (χ4v) is 4.31. The summed E-state index contributed by atoms with van der Waals surface area (Å²) in [5.41, 5.74) is 0.495. The molecule has 0 radical (unpaired) electrons. The molecule has 0 saturated carbocycles. The molecule has 3 rings (SSSR count). The van der Waals surface area contributed by atoms with E-state index in [2.05, 4.69) is 4.98 Å². The number of carboxylic acids is 1. The van der Waals surface area contributed by atoms with E-state index in [9.17, 15) is 9.59 Å². The number of rotatable bonds is 6. The number of amides is 1. The van der Waals surface area contributed by atoms with Gasteiger partial charge in [0.2, 0.25) is 5.75 Å². The van der Waals surface area contributed by atoms with Crippen LogP contribution in [0, 0.1) is 0 Å². The molecule has 0 spiro atoms. The van der Waals surface area contributed by atoms with Crippen LogP contribution in [0.2, 0.25) is 0 Å². The number of hydrogen-bond donors (Lipinski definition) is 1. The average Bonchev–Trinajstić information content (AvgIpc) is 3.22. The number of methoxy groups -OCH3 is 3. The number of aromatic carboxylic acids is 1. The highest BCUT2D eigenvalue weighted by molar-refractivity contribution is 7.09. The highest BCUT2D eigenvalue weighted by Gasteiger charge is 2.29. The number of aromatic nitrogens is 1. The maximum Gasteiger partial charge on any atom is 0.355 e. The summed E-state index contributed by atoms with van der Waals surface area (Å²) in [5.74, 6) is 0.231. The van der Waals surface area contributed by atoms with Gasteiger partial charge in [-0.15, -0.1) is 11.3 Å². The highest BCUT2D eigenvalue weighted by Crippen LogP contribution is 2.40. The fourth-order valence-electron chi connectivity index (χ4n) is 3.34. The molecule has 1 aromatic heterocycles. The van der Waals surface area contributed by atoms with Crippen molar-refractivity contribution >= 4 is 23.2 Å². The molecule has 1 aromatic carbocycles. The molecule has 1 N–H and O–H groups in total. The Morgan fingerprint density at radius 3 is 2.32 bits per heavy atom. The van der Waals surface area contributed by atoms with Gasteiger partial charge in [0.1, 0.15) is 0 Å². The molecule has 0 aliphatic carbocycles. The molecule has 0 bridgehead atoms. The van der Waals surface area contributed by atoms with E-state index < -0.39 is 5.97 Å². The van der Waals surface area contributed by atoms with Gasteiger partial charge in [-0.05, 0) is 25.0 Å². The Labute approximate surface area is 166 Å². The molecule has 1 aliphatic rings. The van der Waals surface area contributed by atoms with E-state index >= 15 is 0 Å². The lowest BCUT2D eigenvalue weighted by Crippen LogP contribution is -2.38. The lowest BCUT2D eigenvalue weighted by molar-refractivity contribution is 0.0690. The van der Waals surface area contributed by atoms with Gasteiger partial charge in [-0.1, -0.05) is 0 Å². The Morgan fingerprint density at radius 1 is 1.11 bits per heavy atom. The number of thiazole rings is 1. The van der Waals surface area contributed by atoms with Crippen molar-refractivity contribution in [3.05, 3.63) is 33.8 Å². The minimum Gasteiger partial charge on any atom is -0.493 e. The molecule has 2 aromatic rings. The van der Waals surface area contributed by atoms with Gasteiger partial charge in [-0.3, -0.25) is 4.79 Å². The zero-order chi connectivity index (χ0) is 20.3. The maximum atomic E-state index is 13.0. The Morgan fingerprint density at radius 2 is 1.79 bits per heavy atom. The van der Waals surface area contributed by atoms with E-state index in [1.165, 1.54) is 32.7 Å². The van der Waals surface area contributed by atoms with E-state index in [-0.39, 0.29) is 17.5 Å². The predicted molar refractivity (Wildman–Crippen MR) is 103 cm³/mol. The minimum absolute atomic E-state index is 0.0774. The van der Waals surface area contributed by atoms with Crippen LogP contribution in [-0.4, -0.2) is 61.3 Å². The molecule has 8 nitrogen and oxygen atoms in total. The number of carbonyl (C=O) groups is 2. The number of hydrogen-bond acceptors (Lipinski definition) is 7. The third kappa shape index (κ3) is 3.75. The second-order valence-corrected chi connectivity index (χ2v) is 7.21. The average molecular weight is 406 g/mol. The van der Waals surface area contributed by atoms with E-state index in [4.69, 9.17) is 19.3 Å². The lowest BCUT2D eigenvalue weighted by atomic mass is 9.97. The van der Waals surface area contributed by atoms with Crippen LogP contribution in [0.4, 0.5) is 0 Å². The first-order valence-electron chi connectivity index (χ1n) is 8.77. The number of carboxylic acid groups (broad SMARTS) is 1. The summed E-state index contributed by atoms with van der Waals surface area (Å²) >= 11 is 1.36. The molecule has 1 amide bonds. The summed E-state index contributed by atoms with van der Waals surface area (Å²) in [6.07, 6.45) is 1.46. The molecular weight excluding hydrogens is 384 g/mol. The van der Waals surface area contributed by atoms with Crippen LogP contribution >= 0.6 is 11.3 Å². The van der Waals surface area contributed by atoms with Gasteiger partial charge in [-0.2, -0.15) is 0 Å². The van der Waals surface area contributed by atoms with Crippen molar-refractivity contribution in [3.8, 4) is 17.2 Å². The van der Waals surface area contributed by atoms with Crippen LogP contribution < -0.4 is 14.2 Å². The van der Waals surface area contributed by atoms with Crippen LogP contribution in [0.1, 0.15) is 44.6 Å². The largest absolute Gasteiger partial charge is 0.493 e. The van der Waals surface area contributed by atoms with Crippen LogP contribution in [-0.2, 0) is 0 Å². The van der Waals surface area contributed by atoms with E-state index in [1.54, 1.807) is 22.4 Å². The SMILES string of the molecule is COc1ccc(C(=O)N2CCC(c3nc(C(=O)O)cs3)CC2)c(OC)c1OC. The lowest BCUT2D eigenvalue weighted by Gasteiger charge is -2.31. The van der Waals surface area contributed by atoms with Gasteiger partial charge in [0, 0.05) is 24.4 Å². The quantitative estimate of drug-likeness (QED) is 0.788. The Kier molecular flexibility index (Phi) is 6.03. The van der Waals surface area contributed by atoms with Crippen LogP contribution in [0.3, 0.4) is 0 Å². The van der Waals surface area contributed by atoms with Gasteiger partial charge in [0.15, 0.2) is 17.2 Å². The number of likely N-dealkylation sites (tertiary alicyclic amines) is 1. The van der Waals surface area contributed by atoms with Crippen molar-refractivity contribution in [2.75, 3.05) is 34.4 Å². The molecule has 9 heteroatoms. The number of carbonyl (C=O) groups excluding carboxylic acids is 1. The summed E-state index contributed by atoms with van der Waals surface area (Å²) in [6.45, 7) is 1.12. The second kappa shape index (κ2) is 8.47. The first-order chi connectivity index (χ1) is 13.5. The number of nitrogens with zero attached hydrogens (tertiary/aromatic N) is 2. The smallest absolute Gasteiger partial charge is 0.355 e. The third-order valence-electron chi connectivity index (χ3n) is 4.81. The van der Waals surface area contributed by atoms with Gasteiger partial charge in [-0.25, -0.2) is 9.78 Å². The molecule has 0 unspecified atom stereocenters. The van der Waals surface area contributed by atoms with Gasteiger partial charge in [0.05, 0.1) is 31.9 Å². The first-order valence-corrected chi connectivity index (χ1v) is 9.65. The van der Waals surface area contributed by atoms with Crippen LogP contribution in [0.25, 0.3) is 0 Å². The maximum absolute atomic E-state index is 13.0. The van der Waals surface area contributed by atoms with Crippen LogP contribution in [0.5, 0.6) is 17.2 Å². The van der Waals surface area contributed by atoms with Crippen molar-refractivity contribution < 1.29 is 28.9 Å². The van der Waals surface area contributed by atoms with E-state index in [1.807, 2.05) is 0 Å². The Balaban J connectivity index is 1.74. The van der Waals surface area contributed by atoms with Crippen molar-refractivity contribution in [2.45, 2.75) is 18.8 Å². The summed E-state index contributed by atoms with van der Waals surface area (Å²) in [7, 11) is 4.51. The molecule has 2 heterocycles. The van der Waals surface area contributed by atoms with E-state index in [0.29, 0.717) is 35.9 Å². The fraction of sp³-hybridized carbons (Fsp3) is 0.421. The molecule has 150 valence electrons. The third-order valence-corrected chi connectivity index (χ3v) is 5.81. The molecule has 1 saturated heterocycles. The zero-order valence-corrected chi connectivity index (χ0v) is 16.7. The van der Waals surface area contributed by atoms with Gasteiger partial charge in [0.25, 0.3) is 5.91 Å².